The first-order chi connectivity index (χ1) is 43.1. The van der Waals surface area contributed by atoms with Gasteiger partial charge < -0.3 is 28.2 Å². The van der Waals surface area contributed by atoms with Gasteiger partial charge in [-0.05, 0) is 119 Å². The van der Waals surface area contributed by atoms with Gasteiger partial charge in [-0.25, -0.2) is 0 Å². The summed E-state index contributed by atoms with van der Waals surface area (Å²) >= 11 is 0. The predicted octanol–water partition coefficient (Wildman–Crippen LogP) is 21.8. The Bertz CT molecular complexity index is 5070. The van der Waals surface area contributed by atoms with Crippen LogP contribution in [0.1, 0.15) is 0 Å². The summed E-state index contributed by atoms with van der Waals surface area (Å²) in [6, 6.07) is 104. The Morgan fingerprint density at radius 1 is 0.250 bits per heavy atom. The largest absolute Gasteiger partial charge is 3.00 e. The molecule has 0 aliphatic rings. The minimum atomic E-state index is 0. The topological polar surface area (TPSA) is 78.1 Å². The molecular formula is C81H48IrN3O3. The maximum atomic E-state index is 6.18. The molecule has 6 nitrogen and oxygen atoms in total. The Labute approximate surface area is 520 Å². The number of nitrogens with zero attached hydrogens (tertiary/aromatic N) is 3. The van der Waals surface area contributed by atoms with E-state index in [9.17, 15) is 0 Å². The van der Waals surface area contributed by atoms with Crippen LogP contribution in [0.4, 0.5) is 0 Å². The van der Waals surface area contributed by atoms with Gasteiger partial charge in [-0.3, -0.25) is 0 Å². The molecule has 0 aliphatic carbocycles. The second-order valence-corrected chi connectivity index (χ2v) is 21.5. The van der Waals surface area contributed by atoms with Gasteiger partial charge in [0.1, 0.15) is 16.7 Å². The summed E-state index contributed by atoms with van der Waals surface area (Å²) in [5.41, 5.74) is 17.4. The number of fused-ring (bicyclic) bond motifs is 12. The number of rotatable bonds is 6. The van der Waals surface area contributed by atoms with Crippen molar-refractivity contribution in [1.29, 1.82) is 0 Å². The zero-order valence-corrected chi connectivity index (χ0v) is 49.5. The molecule has 18 rings (SSSR count). The summed E-state index contributed by atoms with van der Waals surface area (Å²) in [4.78, 5) is 13.9. The maximum absolute atomic E-state index is 6.18. The average Bonchev–Trinajstić information content (AvgIpc) is 3.03. The molecule has 6 heterocycles. The molecule has 0 bridgehead atoms. The van der Waals surface area contributed by atoms with Crippen LogP contribution in [0.25, 0.3) is 165 Å². The molecular weight excluding hydrogens is 1260 g/mol. The van der Waals surface area contributed by atoms with Crippen LogP contribution in [0.5, 0.6) is 0 Å². The van der Waals surface area contributed by atoms with Crippen LogP contribution >= 0.6 is 0 Å². The van der Waals surface area contributed by atoms with Crippen LogP contribution < -0.4 is 0 Å². The van der Waals surface area contributed by atoms with Crippen molar-refractivity contribution in [2.45, 2.75) is 0 Å². The standard InChI is InChI=1S/3C27H16NO.Ir/c3*1-2-9-20-18(7-1)8-5-11-21(20)19-15-16-28-25(17-19)24-13-6-12-23-22-10-3-4-14-26(22)29-27(23)24;/h3*1-12,14-17H;/q3*-1;+3. The number of hydrogen-bond donors (Lipinski definition) is 0. The van der Waals surface area contributed by atoms with E-state index in [-0.39, 0.29) is 20.1 Å². The van der Waals surface area contributed by atoms with E-state index < -0.39 is 0 Å². The molecule has 6 aromatic heterocycles. The minimum absolute atomic E-state index is 0. The molecule has 18 aromatic rings. The quantitative estimate of drug-likeness (QED) is 0.154. The number of hydrogen-bond acceptors (Lipinski definition) is 6. The molecule has 0 unspecified atom stereocenters. The maximum Gasteiger partial charge on any atom is 3.00 e. The van der Waals surface area contributed by atoms with E-state index in [0.717, 1.165) is 116 Å². The molecule has 0 saturated carbocycles. The van der Waals surface area contributed by atoms with Gasteiger partial charge in [-0.2, -0.15) is 0 Å². The van der Waals surface area contributed by atoms with E-state index in [1.807, 2.05) is 91.4 Å². The van der Waals surface area contributed by atoms with E-state index in [0.29, 0.717) is 0 Å². The number of benzene rings is 12. The zero-order valence-electron chi connectivity index (χ0n) is 47.1. The fraction of sp³-hybridized carbons (Fsp3) is 0. The zero-order chi connectivity index (χ0) is 57.6. The molecule has 0 atom stereocenters. The first-order valence-corrected chi connectivity index (χ1v) is 28.9. The number of aromatic nitrogens is 3. The first kappa shape index (κ1) is 53.6. The van der Waals surface area contributed by atoms with E-state index in [4.69, 9.17) is 13.3 Å². The van der Waals surface area contributed by atoms with E-state index in [1.54, 1.807) is 0 Å². The molecule has 0 aliphatic heterocycles. The van der Waals surface area contributed by atoms with Crippen molar-refractivity contribution >= 4 is 98.1 Å². The smallest absolute Gasteiger partial charge is 0.501 e. The summed E-state index contributed by atoms with van der Waals surface area (Å²) in [6.45, 7) is 0. The van der Waals surface area contributed by atoms with Crippen molar-refractivity contribution < 1.29 is 33.4 Å². The van der Waals surface area contributed by atoms with Crippen LogP contribution in [0.2, 0.25) is 0 Å². The van der Waals surface area contributed by atoms with E-state index in [1.165, 1.54) is 49.0 Å². The number of para-hydroxylation sites is 3. The third-order valence-corrected chi connectivity index (χ3v) is 16.4. The summed E-state index contributed by atoms with van der Waals surface area (Å²) in [5, 5.41) is 14.0. The monoisotopic (exact) mass is 1300 g/mol. The number of furan rings is 3. The molecule has 0 radical (unpaired) electrons. The second-order valence-electron chi connectivity index (χ2n) is 21.5. The Morgan fingerprint density at radius 2 is 0.523 bits per heavy atom. The molecule has 7 heteroatoms. The third-order valence-electron chi connectivity index (χ3n) is 16.4. The third kappa shape index (κ3) is 9.75. The summed E-state index contributed by atoms with van der Waals surface area (Å²) in [6.07, 6.45) is 5.59. The average molecular weight is 1300 g/mol. The molecule has 0 spiro atoms. The van der Waals surface area contributed by atoms with Crippen molar-refractivity contribution in [3.8, 4) is 67.2 Å². The summed E-state index contributed by atoms with van der Waals surface area (Å²) in [7, 11) is 0. The van der Waals surface area contributed by atoms with Gasteiger partial charge in [0.15, 0.2) is 0 Å². The van der Waals surface area contributed by atoms with Gasteiger partial charge in [0.25, 0.3) is 0 Å². The van der Waals surface area contributed by atoms with Crippen LogP contribution in [0, 0.1) is 18.2 Å². The molecule has 0 fully saturated rings. The van der Waals surface area contributed by atoms with Crippen molar-refractivity contribution in [3.05, 3.63) is 310 Å². The normalized spacial score (nSPS) is 11.3. The molecule has 12 aromatic carbocycles. The van der Waals surface area contributed by atoms with Crippen LogP contribution in [-0.2, 0) is 20.1 Å². The van der Waals surface area contributed by atoms with Crippen molar-refractivity contribution in [1.82, 2.24) is 15.0 Å². The minimum Gasteiger partial charge on any atom is -0.501 e. The Hall–Kier alpha value is -11.1. The molecule has 88 heavy (non-hydrogen) atoms. The van der Waals surface area contributed by atoms with Crippen LogP contribution in [-0.4, -0.2) is 15.0 Å². The summed E-state index contributed by atoms with van der Waals surface area (Å²) in [5.74, 6) is 0. The molecule has 414 valence electrons. The number of pyridine rings is 3. The van der Waals surface area contributed by atoms with Gasteiger partial charge in [-0.15, -0.1) is 54.6 Å². The molecule has 0 amide bonds. The van der Waals surface area contributed by atoms with Crippen molar-refractivity contribution in [2.75, 3.05) is 0 Å². The molecule has 0 N–H and O–H groups in total. The summed E-state index contributed by atoms with van der Waals surface area (Å²) < 4.78 is 18.5. The van der Waals surface area contributed by atoms with Gasteiger partial charge in [0.2, 0.25) is 0 Å². The predicted molar refractivity (Wildman–Crippen MR) is 356 cm³/mol. The SMILES string of the molecule is [Ir+3].[c-]1ccc2c(oc3ccccc32)c1-c1cc(-c2cccc3ccccc23)ccn1.[c-]1ccc2c(oc3ccccc32)c1-c1cc(-c2cccc3ccccc23)ccn1.[c-]1ccc2c(oc3ccccc32)c1-c1cc(-c2cccc3ccccc23)ccn1. The fourth-order valence-corrected chi connectivity index (χ4v) is 12.3. The second kappa shape index (κ2) is 23.1. The van der Waals surface area contributed by atoms with Gasteiger partial charge in [-0.1, -0.05) is 233 Å². The Morgan fingerprint density at radius 3 is 0.841 bits per heavy atom. The van der Waals surface area contributed by atoms with Crippen molar-refractivity contribution in [2.24, 2.45) is 0 Å². The molecule has 0 saturated heterocycles. The Kier molecular flexibility index (Phi) is 14.1. The van der Waals surface area contributed by atoms with E-state index in [2.05, 4.69) is 233 Å². The van der Waals surface area contributed by atoms with Gasteiger partial charge in [0, 0.05) is 34.7 Å². The van der Waals surface area contributed by atoms with Crippen molar-refractivity contribution in [3.63, 3.8) is 0 Å². The Balaban J connectivity index is 0.000000110. The fourth-order valence-electron chi connectivity index (χ4n) is 12.3. The van der Waals surface area contributed by atoms with Gasteiger partial charge in [0.05, 0.1) is 16.7 Å². The van der Waals surface area contributed by atoms with Crippen LogP contribution in [0.15, 0.2) is 305 Å². The van der Waals surface area contributed by atoms with Gasteiger partial charge >= 0.3 is 20.1 Å². The van der Waals surface area contributed by atoms with E-state index >= 15 is 0 Å². The first-order valence-electron chi connectivity index (χ1n) is 28.9. The van der Waals surface area contributed by atoms with Crippen LogP contribution in [0.3, 0.4) is 0 Å².